The number of nitrogens with two attached hydrogens (primary N) is 1. The molecule has 0 saturated carbocycles. The molecule has 1 aromatic heterocycles. The van der Waals surface area contributed by atoms with Gasteiger partial charge in [-0.05, 0) is 0 Å². The maximum atomic E-state index is 8.74. The summed E-state index contributed by atoms with van der Waals surface area (Å²) in [6.45, 7) is 0.893. The van der Waals surface area contributed by atoms with Gasteiger partial charge < -0.3 is 15.6 Å². The Morgan fingerprint density at radius 2 is 2.33 bits per heavy atom. The summed E-state index contributed by atoms with van der Waals surface area (Å²) in [6, 6.07) is 0. The van der Waals surface area contributed by atoms with E-state index < -0.39 is 10.4 Å². The van der Waals surface area contributed by atoms with Crippen molar-refractivity contribution >= 4 is 28.1 Å². The summed E-state index contributed by atoms with van der Waals surface area (Å²) in [5.41, 5.74) is 6.35. The molecular weight excluding hydrogens is 282 g/mol. The number of thioether (sulfide) groups is 1. The summed E-state index contributed by atoms with van der Waals surface area (Å²) < 4.78 is 31.6. The quantitative estimate of drug-likeness (QED) is 0.217. The molecule has 11 heteroatoms. The first-order valence-electron chi connectivity index (χ1n) is 4.67. The van der Waals surface area contributed by atoms with E-state index in [1.54, 1.807) is 18.1 Å². The molecule has 0 aromatic carbocycles. The highest BCUT2D eigenvalue weighted by Crippen LogP contribution is 2.30. The highest BCUT2D eigenvalue weighted by molar-refractivity contribution is 7.99. The minimum atomic E-state index is -4.67. The van der Waals surface area contributed by atoms with E-state index in [-0.39, 0.29) is 5.96 Å². The maximum absolute atomic E-state index is 8.74. The van der Waals surface area contributed by atoms with Crippen molar-refractivity contribution < 1.29 is 17.5 Å². The third kappa shape index (κ3) is 6.44. The normalized spacial score (nSPS) is 17.9. The molecule has 0 spiro atoms. The fraction of sp³-hybridized carbons (Fsp3) is 0.429. The molecule has 1 aromatic rings. The Kier molecular flexibility index (Phi) is 4.95. The van der Waals surface area contributed by atoms with Gasteiger partial charge in [0.25, 0.3) is 0 Å². The Balaban J connectivity index is 0.000000280. The number of guanidine groups is 1. The Labute approximate surface area is 108 Å². The van der Waals surface area contributed by atoms with E-state index in [1.165, 1.54) is 0 Å². The average Bonchev–Trinajstić information content (AvgIpc) is 2.80. The number of imidazole rings is 1. The van der Waals surface area contributed by atoms with Gasteiger partial charge in [0, 0.05) is 11.9 Å². The monoisotopic (exact) mass is 295 g/mol. The lowest BCUT2D eigenvalue weighted by atomic mass is 10.6. The molecule has 2 rings (SSSR count). The lowest BCUT2D eigenvalue weighted by Crippen LogP contribution is -2.21. The predicted octanol–water partition coefficient (Wildman–Crippen LogP) is -0.475. The summed E-state index contributed by atoms with van der Waals surface area (Å²) in [4.78, 5) is 8.85. The lowest BCUT2D eigenvalue weighted by Gasteiger charge is -1.99. The van der Waals surface area contributed by atoms with Crippen molar-refractivity contribution in [2.75, 3.05) is 6.54 Å². The second-order valence-corrected chi connectivity index (χ2v) is 5.37. The van der Waals surface area contributed by atoms with Crippen LogP contribution in [0.25, 0.3) is 0 Å². The predicted molar refractivity (Wildman–Crippen MR) is 66.5 cm³/mol. The second kappa shape index (κ2) is 6.04. The maximum Gasteiger partial charge on any atom is 0.394 e. The van der Waals surface area contributed by atoms with E-state index in [1.807, 2.05) is 11.1 Å². The molecule has 2 heterocycles. The van der Waals surface area contributed by atoms with Gasteiger partial charge >= 0.3 is 10.4 Å². The first-order valence-corrected chi connectivity index (χ1v) is 7.11. The largest absolute Gasteiger partial charge is 0.394 e. The van der Waals surface area contributed by atoms with E-state index in [0.717, 1.165) is 18.0 Å². The fourth-order valence-electron chi connectivity index (χ4n) is 1.07. The molecule has 1 fully saturated rings. The van der Waals surface area contributed by atoms with Gasteiger partial charge in [0.05, 0.1) is 23.9 Å². The second-order valence-electron chi connectivity index (χ2n) is 3.31. The van der Waals surface area contributed by atoms with Crippen LogP contribution in [0.2, 0.25) is 0 Å². The van der Waals surface area contributed by atoms with Gasteiger partial charge in [-0.15, -0.1) is 11.8 Å². The van der Waals surface area contributed by atoms with Crippen molar-refractivity contribution in [3.8, 4) is 0 Å². The fourth-order valence-corrected chi connectivity index (χ4v) is 2.15. The SMILES string of the molecule is N=C(N)N1CC1SCc1c[nH]cn1.O=S(=O)(O)O. The van der Waals surface area contributed by atoms with Crippen molar-refractivity contribution in [2.45, 2.75) is 11.1 Å². The van der Waals surface area contributed by atoms with Crippen molar-refractivity contribution in [3.05, 3.63) is 18.2 Å². The van der Waals surface area contributed by atoms with E-state index in [9.17, 15) is 0 Å². The van der Waals surface area contributed by atoms with Crippen LogP contribution in [0.1, 0.15) is 5.69 Å². The Morgan fingerprint density at radius 3 is 2.72 bits per heavy atom. The number of H-pyrrole nitrogens is 1. The van der Waals surface area contributed by atoms with Crippen molar-refractivity contribution in [2.24, 2.45) is 5.73 Å². The first kappa shape index (κ1) is 14.8. The number of aromatic amines is 1. The molecule has 0 bridgehead atoms. The molecule has 6 N–H and O–H groups in total. The van der Waals surface area contributed by atoms with Crippen molar-refractivity contribution in [3.63, 3.8) is 0 Å². The lowest BCUT2D eigenvalue weighted by molar-refractivity contribution is 0.381. The minimum absolute atomic E-state index is 0.166. The molecule has 1 aliphatic heterocycles. The smallest absolute Gasteiger partial charge is 0.370 e. The zero-order chi connectivity index (χ0) is 13.8. The van der Waals surface area contributed by atoms with Crippen LogP contribution in [0.5, 0.6) is 0 Å². The van der Waals surface area contributed by atoms with Crippen molar-refractivity contribution in [1.82, 2.24) is 14.9 Å². The number of hydrogen-bond acceptors (Lipinski definition) is 5. The van der Waals surface area contributed by atoms with Crippen LogP contribution in [0.15, 0.2) is 12.5 Å². The van der Waals surface area contributed by atoms with Crippen LogP contribution < -0.4 is 5.73 Å². The highest BCUT2D eigenvalue weighted by atomic mass is 32.3. The summed E-state index contributed by atoms with van der Waals surface area (Å²) in [5, 5.41) is 7.55. The molecule has 1 unspecified atom stereocenters. The van der Waals surface area contributed by atoms with Gasteiger partial charge in [0.2, 0.25) is 0 Å². The molecule has 1 aliphatic rings. The van der Waals surface area contributed by atoms with Crippen LogP contribution in [0.3, 0.4) is 0 Å². The van der Waals surface area contributed by atoms with Crippen LogP contribution >= 0.6 is 11.8 Å². The summed E-state index contributed by atoms with van der Waals surface area (Å²) in [6.07, 6.45) is 3.55. The van der Waals surface area contributed by atoms with Gasteiger partial charge in [-0.3, -0.25) is 14.5 Å². The van der Waals surface area contributed by atoms with Gasteiger partial charge in [-0.25, -0.2) is 4.98 Å². The Hall–Kier alpha value is -1.30. The average molecular weight is 295 g/mol. The molecule has 0 radical (unpaired) electrons. The van der Waals surface area contributed by atoms with Gasteiger partial charge in [0.1, 0.15) is 0 Å². The van der Waals surface area contributed by atoms with Crippen LogP contribution in [0.4, 0.5) is 0 Å². The molecule has 102 valence electrons. The number of hydrogen-bond donors (Lipinski definition) is 5. The van der Waals surface area contributed by atoms with E-state index in [4.69, 9.17) is 28.7 Å². The van der Waals surface area contributed by atoms with E-state index in [2.05, 4.69) is 9.97 Å². The van der Waals surface area contributed by atoms with Gasteiger partial charge in [-0.2, -0.15) is 8.42 Å². The van der Waals surface area contributed by atoms with Crippen LogP contribution in [-0.4, -0.2) is 50.3 Å². The molecular formula is C7H13N5O4S2. The molecule has 9 nitrogen and oxygen atoms in total. The Bertz CT molecular complexity index is 480. The minimum Gasteiger partial charge on any atom is -0.370 e. The topological polar surface area (TPSA) is 156 Å². The number of aromatic nitrogens is 2. The summed E-state index contributed by atoms with van der Waals surface area (Å²) >= 11 is 1.76. The molecule has 18 heavy (non-hydrogen) atoms. The van der Waals surface area contributed by atoms with Crippen LogP contribution in [0, 0.1) is 5.41 Å². The van der Waals surface area contributed by atoms with Crippen LogP contribution in [-0.2, 0) is 16.2 Å². The third-order valence-corrected chi connectivity index (χ3v) is 3.11. The number of rotatable bonds is 3. The van der Waals surface area contributed by atoms with Crippen molar-refractivity contribution in [1.29, 1.82) is 5.41 Å². The summed E-state index contributed by atoms with van der Waals surface area (Å²) in [7, 11) is -4.67. The summed E-state index contributed by atoms with van der Waals surface area (Å²) in [5.74, 6) is 1.04. The van der Waals surface area contributed by atoms with E-state index in [0.29, 0.717) is 5.37 Å². The number of nitrogens with one attached hydrogen (secondary N) is 2. The highest BCUT2D eigenvalue weighted by Gasteiger charge is 2.35. The van der Waals surface area contributed by atoms with Gasteiger partial charge in [0.15, 0.2) is 5.96 Å². The van der Waals surface area contributed by atoms with Gasteiger partial charge in [-0.1, -0.05) is 0 Å². The number of nitrogens with zero attached hydrogens (tertiary/aromatic N) is 2. The molecule has 1 saturated heterocycles. The molecule has 0 amide bonds. The molecule has 1 atom stereocenters. The zero-order valence-corrected chi connectivity index (χ0v) is 10.8. The Morgan fingerprint density at radius 1 is 1.72 bits per heavy atom. The third-order valence-electron chi connectivity index (χ3n) is 1.85. The first-order chi connectivity index (χ1) is 8.27. The zero-order valence-electron chi connectivity index (χ0n) is 9.15. The molecule has 0 aliphatic carbocycles. The standard InChI is InChI=1S/C7H11N5S.H2O4S/c8-7(9)12-2-6(12)13-3-5-1-10-4-11-5;1-5(2,3)4/h1,4,6H,2-3H2,(H3,8,9)(H,10,11);(H2,1,2,3,4). The van der Waals surface area contributed by atoms with E-state index >= 15 is 0 Å².